The summed E-state index contributed by atoms with van der Waals surface area (Å²) in [5, 5.41) is 33.2. The van der Waals surface area contributed by atoms with Crippen molar-refractivity contribution in [3.8, 4) is 0 Å². The lowest BCUT2D eigenvalue weighted by molar-refractivity contribution is -0.124. The molecular formula is C36H69NO4. The summed E-state index contributed by atoms with van der Waals surface area (Å²) in [6, 6.07) is -0.823. The third-order valence-electron chi connectivity index (χ3n) is 8.03. The smallest absolute Gasteiger partial charge is 0.220 e. The largest absolute Gasteiger partial charge is 0.394 e. The molecule has 0 fully saturated rings. The second-order valence-electron chi connectivity index (χ2n) is 12.1. The lowest BCUT2D eigenvalue weighted by atomic mass is 10.0. The van der Waals surface area contributed by atoms with Crippen LogP contribution in [0.3, 0.4) is 0 Å². The highest BCUT2D eigenvalue weighted by Gasteiger charge is 2.26. The molecule has 3 atom stereocenters. The Hall–Kier alpha value is -1.17. The van der Waals surface area contributed by atoms with Gasteiger partial charge in [0.1, 0.15) is 6.10 Å². The molecule has 5 heteroatoms. The molecule has 0 heterocycles. The number of carbonyl (C=O) groups is 1. The molecule has 0 saturated heterocycles. The SMILES string of the molecule is CCCCCCC/C=C/CCCC(O)C(O)C(CO)NC(=O)CCCCCCCCC/C=C\CCCCCCCC. The molecule has 0 spiro atoms. The van der Waals surface area contributed by atoms with Gasteiger partial charge in [-0.3, -0.25) is 4.79 Å². The van der Waals surface area contributed by atoms with Crippen LogP contribution in [-0.4, -0.2) is 46.1 Å². The highest BCUT2D eigenvalue weighted by atomic mass is 16.3. The second kappa shape index (κ2) is 31.8. The Balaban J connectivity index is 3.73. The van der Waals surface area contributed by atoms with E-state index in [1.54, 1.807) is 0 Å². The van der Waals surface area contributed by atoms with Crippen molar-refractivity contribution >= 4 is 5.91 Å². The van der Waals surface area contributed by atoms with Crippen LogP contribution >= 0.6 is 0 Å². The Labute approximate surface area is 254 Å². The molecule has 0 bridgehead atoms. The minimum Gasteiger partial charge on any atom is -0.394 e. The summed E-state index contributed by atoms with van der Waals surface area (Å²) in [5.74, 6) is -0.162. The number of aliphatic hydroxyl groups is 3. The van der Waals surface area contributed by atoms with Gasteiger partial charge in [0.05, 0.1) is 18.8 Å². The maximum atomic E-state index is 12.3. The van der Waals surface area contributed by atoms with Gasteiger partial charge < -0.3 is 20.6 Å². The molecule has 0 rings (SSSR count). The number of hydrogen-bond donors (Lipinski definition) is 4. The van der Waals surface area contributed by atoms with Crippen molar-refractivity contribution in [1.82, 2.24) is 5.32 Å². The standard InChI is InChI=1S/C36H69NO4/c1-3-5-7-9-11-13-15-16-17-18-19-20-21-23-25-27-29-31-35(40)37-33(32-38)36(41)34(39)30-28-26-24-22-14-12-10-8-6-4-2/h16-17,22,24,33-34,36,38-39,41H,3-15,18-21,23,25-32H2,1-2H3,(H,37,40)/b17-16-,24-22+. The fourth-order valence-corrected chi connectivity index (χ4v) is 5.21. The average molecular weight is 580 g/mol. The minimum atomic E-state index is -1.16. The quantitative estimate of drug-likeness (QED) is 0.0487. The first-order chi connectivity index (χ1) is 20.1. The van der Waals surface area contributed by atoms with Gasteiger partial charge in [0, 0.05) is 6.42 Å². The molecular weight excluding hydrogens is 510 g/mol. The molecule has 0 aliphatic rings. The molecule has 41 heavy (non-hydrogen) atoms. The molecule has 4 N–H and O–H groups in total. The van der Waals surface area contributed by atoms with Crippen molar-refractivity contribution in [2.45, 2.75) is 193 Å². The van der Waals surface area contributed by atoms with Crippen molar-refractivity contribution in [2.24, 2.45) is 0 Å². The van der Waals surface area contributed by atoms with Crippen molar-refractivity contribution in [2.75, 3.05) is 6.61 Å². The van der Waals surface area contributed by atoms with Crippen LogP contribution in [-0.2, 0) is 4.79 Å². The zero-order chi connectivity index (χ0) is 30.2. The average Bonchev–Trinajstić information content (AvgIpc) is 2.97. The summed E-state index contributed by atoms with van der Waals surface area (Å²) in [5.41, 5.74) is 0. The molecule has 0 aromatic carbocycles. The van der Waals surface area contributed by atoms with E-state index in [1.807, 2.05) is 0 Å². The van der Waals surface area contributed by atoms with Crippen molar-refractivity contribution < 1.29 is 20.1 Å². The van der Waals surface area contributed by atoms with Crippen LogP contribution in [0.2, 0.25) is 0 Å². The first-order valence-electron chi connectivity index (χ1n) is 17.6. The summed E-state index contributed by atoms with van der Waals surface area (Å²) < 4.78 is 0. The van der Waals surface area contributed by atoms with E-state index in [4.69, 9.17) is 0 Å². The Morgan fingerprint density at radius 2 is 0.976 bits per heavy atom. The van der Waals surface area contributed by atoms with Crippen LogP contribution in [0.1, 0.15) is 174 Å². The number of nitrogens with one attached hydrogen (secondary N) is 1. The molecule has 0 aliphatic carbocycles. The molecule has 0 aliphatic heterocycles. The van der Waals surface area contributed by atoms with Gasteiger partial charge in [0.2, 0.25) is 5.91 Å². The van der Waals surface area contributed by atoms with E-state index in [-0.39, 0.29) is 12.5 Å². The predicted molar refractivity (Wildman–Crippen MR) is 176 cm³/mol. The number of aliphatic hydroxyl groups excluding tert-OH is 3. The Kier molecular flexibility index (Phi) is 30.9. The highest BCUT2D eigenvalue weighted by Crippen LogP contribution is 2.13. The molecule has 5 nitrogen and oxygen atoms in total. The summed E-state index contributed by atoms with van der Waals surface area (Å²) in [4.78, 5) is 12.3. The van der Waals surface area contributed by atoms with Crippen LogP contribution in [0, 0.1) is 0 Å². The van der Waals surface area contributed by atoms with Gasteiger partial charge >= 0.3 is 0 Å². The van der Waals surface area contributed by atoms with Crippen LogP contribution in [0.4, 0.5) is 0 Å². The topological polar surface area (TPSA) is 89.8 Å². The molecule has 242 valence electrons. The number of amides is 1. The van der Waals surface area contributed by atoms with Gasteiger partial charge in [-0.25, -0.2) is 0 Å². The molecule has 1 amide bonds. The summed E-state index contributed by atoms with van der Waals surface area (Å²) in [7, 11) is 0. The van der Waals surface area contributed by atoms with E-state index >= 15 is 0 Å². The Bertz CT molecular complexity index is 606. The third-order valence-corrected chi connectivity index (χ3v) is 8.03. The van der Waals surface area contributed by atoms with Crippen LogP contribution in [0.25, 0.3) is 0 Å². The van der Waals surface area contributed by atoms with Crippen LogP contribution in [0.5, 0.6) is 0 Å². The van der Waals surface area contributed by atoms with E-state index < -0.39 is 18.2 Å². The van der Waals surface area contributed by atoms with E-state index in [1.165, 1.54) is 109 Å². The molecule has 3 unspecified atom stereocenters. The number of hydrogen-bond acceptors (Lipinski definition) is 4. The fourth-order valence-electron chi connectivity index (χ4n) is 5.21. The van der Waals surface area contributed by atoms with Crippen molar-refractivity contribution in [3.63, 3.8) is 0 Å². The van der Waals surface area contributed by atoms with Gasteiger partial charge in [-0.05, 0) is 64.2 Å². The second-order valence-corrected chi connectivity index (χ2v) is 12.1. The lowest BCUT2D eigenvalue weighted by Crippen LogP contribution is -2.50. The normalized spacial score (nSPS) is 14.2. The first-order valence-corrected chi connectivity index (χ1v) is 17.6. The highest BCUT2D eigenvalue weighted by molar-refractivity contribution is 5.76. The van der Waals surface area contributed by atoms with E-state index in [9.17, 15) is 20.1 Å². The van der Waals surface area contributed by atoms with E-state index in [0.29, 0.717) is 12.8 Å². The van der Waals surface area contributed by atoms with E-state index in [2.05, 4.69) is 43.5 Å². The summed E-state index contributed by atoms with van der Waals surface area (Å²) in [6.07, 6.45) is 35.6. The molecule has 0 aromatic heterocycles. The van der Waals surface area contributed by atoms with E-state index in [0.717, 1.165) is 38.5 Å². The Morgan fingerprint density at radius 1 is 0.585 bits per heavy atom. The molecule has 0 radical (unpaired) electrons. The van der Waals surface area contributed by atoms with Crippen molar-refractivity contribution in [1.29, 1.82) is 0 Å². The number of carbonyl (C=O) groups excluding carboxylic acids is 1. The fraction of sp³-hybridized carbons (Fsp3) is 0.861. The monoisotopic (exact) mass is 580 g/mol. The molecule has 0 saturated carbocycles. The maximum Gasteiger partial charge on any atom is 0.220 e. The maximum absolute atomic E-state index is 12.3. The first kappa shape index (κ1) is 39.8. The van der Waals surface area contributed by atoms with Crippen LogP contribution in [0.15, 0.2) is 24.3 Å². The zero-order valence-corrected chi connectivity index (χ0v) is 27.2. The number of unbranched alkanes of at least 4 members (excludes halogenated alkanes) is 19. The molecule has 0 aromatic rings. The number of allylic oxidation sites excluding steroid dienone is 4. The zero-order valence-electron chi connectivity index (χ0n) is 27.2. The van der Waals surface area contributed by atoms with Gasteiger partial charge in [-0.15, -0.1) is 0 Å². The Morgan fingerprint density at radius 3 is 1.41 bits per heavy atom. The van der Waals surface area contributed by atoms with Crippen LogP contribution < -0.4 is 5.32 Å². The lowest BCUT2D eigenvalue weighted by Gasteiger charge is -2.26. The summed E-state index contributed by atoms with van der Waals surface area (Å²) >= 11 is 0. The summed E-state index contributed by atoms with van der Waals surface area (Å²) in [6.45, 7) is 4.11. The minimum absolute atomic E-state index is 0.162. The van der Waals surface area contributed by atoms with Gasteiger partial charge in [0.15, 0.2) is 0 Å². The third kappa shape index (κ3) is 27.4. The number of rotatable bonds is 31. The predicted octanol–water partition coefficient (Wildman–Crippen LogP) is 9.09. The van der Waals surface area contributed by atoms with Gasteiger partial charge in [0.25, 0.3) is 0 Å². The van der Waals surface area contributed by atoms with Gasteiger partial charge in [-0.1, -0.05) is 128 Å². The van der Waals surface area contributed by atoms with Gasteiger partial charge in [-0.2, -0.15) is 0 Å². The van der Waals surface area contributed by atoms with Crippen molar-refractivity contribution in [3.05, 3.63) is 24.3 Å².